The van der Waals surface area contributed by atoms with Gasteiger partial charge in [-0.15, -0.1) is 0 Å². The van der Waals surface area contributed by atoms with Crippen LogP contribution in [-0.4, -0.2) is 21.2 Å². The number of halogens is 1. The van der Waals surface area contributed by atoms with E-state index in [9.17, 15) is 9.59 Å². The summed E-state index contributed by atoms with van der Waals surface area (Å²) in [5, 5.41) is 4.12. The zero-order chi connectivity index (χ0) is 20.2. The number of nitrogens with zero attached hydrogens (tertiary/aromatic N) is 2. The molecule has 0 aliphatic carbocycles. The first-order valence-corrected chi connectivity index (χ1v) is 10.1. The number of hydrogen-bond donors (Lipinski definition) is 1. The molecule has 0 atom stereocenters. The number of thioether (sulfide) groups is 1. The van der Waals surface area contributed by atoms with Crippen molar-refractivity contribution in [2.75, 3.05) is 5.75 Å². The van der Waals surface area contributed by atoms with Crippen LogP contribution >= 0.6 is 23.4 Å². The van der Waals surface area contributed by atoms with Crippen molar-refractivity contribution in [3.8, 4) is 0 Å². The molecular formula is C20H16ClN3O4S. The molecule has 148 valence electrons. The molecule has 0 fully saturated rings. The number of nitrogens with one attached hydrogen (secondary N) is 1. The molecule has 4 rings (SSSR count). The van der Waals surface area contributed by atoms with Crippen molar-refractivity contribution in [1.29, 1.82) is 0 Å². The summed E-state index contributed by atoms with van der Waals surface area (Å²) >= 11 is 7.23. The molecule has 3 aromatic heterocycles. The highest BCUT2D eigenvalue weighted by Gasteiger charge is 2.15. The quantitative estimate of drug-likeness (QED) is 0.356. The molecule has 0 aliphatic rings. The van der Waals surface area contributed by atoms with Gasteiger partial charge in [-0.2, -0.15) is 0 Å². The summed E-state index contributed by atoms with van der Waals surface area (Å²) in [5.41, 5.74) is 0.262. The van der Waals surface area contributed by atoms with Crippen molar-refractivity contribution in [2.24, 2.45) is 0 Å². The van der Waals surface area contributed by atoms with E-state index in [1.54, 1.807) is 55.0 Å². The number of hydrogen-bond acceptors (Lipinski definition) is 6. The highest BCUT2D eigenvalue weighted by atomic mass is 35.5. The minimum absolute atomic E-state index is 0.0946. The van der Waals surface area contributed by atoms with Crippen LogP contribution in [0.5, 0.6) is 0 Å². The first kappa shape index (κ1) is 19.4. The van der Waals surface area contributed by atoms with Gasteiger partial charge in [0.25, 0.3) is 5.56 Å². The Morgan fingerprint density at radius 3 is 2.62 bits per heavy atom. The van der Waals surface area contributed by atoms with Crippen molar-refractivity contribution in [3.05, 3.63) is 81.9 Å². The number of carbonyl (C=O) groups excluding carboxylic acids is 1. The van der Waals surface area contributed by atoms with Gasteiger partial charge in [0.2, 0.25) is 5.91 Å². The van der Waals surface area contributed by atoms with Gasteiger partial charge in [-0.3, -0.25) is 14.2 Å². The van der Waals surface area contributed by atoms with E-state index in [1.807, 2.05) is 0 Å². The minimum Gasteiger partial charge on any atom is -0.467 e. The molecule has 0 saturated heterocycles. The number of amides is 1. The summed E-state index contributed by atoms with van der Waals surface area (Å²) < 4.78 is 12.1. The van der Waals surface area contributed by atoms with Gasteiger partial charge < -0.3 is 14.2 Å². The average molecular weight is 430 g/mol. The molecule has 7 nitrogen and oxygen atoms in total. The molecule has 0 spiro atoms. The Morgan fingerprint density at radius 1 is 1.14 bits per heavy atom. The Kier molecular flexibility index (Phi) is 5.73. The van der Waals surface area contributed by atoms with Crippen LogP contribution in [0.4, 0.5) is 0 Å². The van der Waals surface area contributed by atoms with Gasteiger partial charge in [0.15, 0.2) is 5.16 Å². The number of benzene rings is 1. The Hall–Kier alpha value is -2.97. The van der Waals surface area contributed by atoms with Gasteiger partial charge >= 0.3 is 0 Å². The van der Waals surface area contributed by atoms with E-state index < -0.39 is 0 Å². The summed E-state index contributed by atoms with van der Waals surface area (Å²) in [4.78, 5) is 29.8. The zero-order valence-corrected chi connectivity index (χ0v) is 16.7. The van der Waals surface area contributed by atoms with Gasteiger partial charge in [-0.1, -0.05) is 23.4 Å². The number of fused-ring (bicyclic) bond motifs is 1. The molecule has 0 radical (unpaired) electrons. The second kappa shape index (κ2) is 8.59. The van der Waals surface area contributed by atoms with Gasteiger partial charge in [-0.05, 0) is 42.5 Å². The number of furan rings is 2. The summed E-state index contributed by atoms with van der Waals surface area (Å²) in [6.45, 7) is 0.514. The lowest BCUT2D eigenvalue weighted by Crippen LogP contribution is -2.27. The van der Waals surface area contributed by atoms with Crippen LogP contribution in [-0.2, 0) is 17.9 Å². The largest absolute Gasteiger partial charge is 0.467 e. The average Bonchev–Trinajstić information content (AvgIpc) is 3.41. The molecule has 0 saturated carbocycles. The monoisotopic (exact) mass is 429 g/mol. The number of carbonyl (C=O) groups is 1. The van der Waals surface area contributed by atoms with Crippen molar-refractivity contribution >= 4 is 40.2 Å². The minimum atomic E-state index is -0.221. The van der Waals surface area contributed by atoms with Gasteiger partial charge in [0.05, 0.1) is 42.3 Å². The maximum atomic E-state index is 13.0. The van der Waals surface area contributed by atoms with E-state index in [1.165, 1.54) is 16.3 Å². The van der Waals surface area contributed by atoms with E-state index >= 15 is 0 Å². The van der Waals surface area contributed by atoms with E-state index in [2.05, 4.69) is 10.3 Å². The standard InChI is InChI=1S/C20H16ClN3O4S/c21-13-5-6-16-17(9-13)23-20(24(19(16)26)11-15-4-2-8-28-15)29-12-18(25)22-10-14-3-1-7-27-14/h1-9H,10-12H2,(H,22,25). The Morgan fingerprint density at radius 2 is 1.90 bits per heavy atom. The van der Waals surface area contributed by atoms with Crippen LogP contribution in [0.2, 0.25) is 5.02 Å². The molecular weight excluding hydrogens is 414 g/mol. The Bertz CT molecular complexity index is 1190. The number of rotatable bonds is 7. The first-order valence-electron chi connectivity index (χ1n) is 8.74. The van der Waals surface area contributed by atoms with Crippen molar-refractivity contribution < 1.29 is 13.6 Å². The topological polar surface area (TPSA) is 90.3 Å². The second-order valence-electron chi connectivity index (χ2n) is 6.17. The van der Waals surface area contributed by atoms with Crippen LogP contribution < -0.4 is 10.9 Å². The molecule has 9 heteroatoms. The van der Waals surface area contributed by atoms with E-state index in [-0.39, 0.29) is 23.8 Å². The third-order valence-electron chi connectivity index (χ3n) is 4.15. The summed E-state index contributed by atoms with van der Waals surface area (Å²) in [6.07, 6.45) is 3.09. The summed E-state index contributed by atoms with van der Waals surface area (Å²) in [6, 6.07) is 12.0. The smallest absolute Gasteiger partial charge is 0.262 e. The molecule has 0 aliphatic heterocycles. The van der Waals surface area contributed by atoms with Gasteiger partial charge in [0, 0.05) is 5.02 Å². The van der Waals surface area contributed by atoms with Crippen LogP contribution in [0.15, 0.2) is 73.8 Å². The lowest BCUT2D eigenvalue weighted by atomic mass is 10.2. The fourth-order valence-electron chi connectivity index (χ4n) is 2.76. The molecule has 0 unspecified atom stereocenters. The van der Waals surface area contributed by atoms with Crippen LogP contribution in [0.3, 0.4) is 0 Å². The lowest BCUT2D eigenvalue weighted by molar-refractivity contribution is -0.118. The third kappa shape index (κ3) is 4.55. The predicted octanol–water partition coefficient (Wildman–Crippen LogP) is 3.69. The SMILES string of the molecule is O=C(CSc1nc2cc(Cl)ccc2c(=O)n1Cc1ccco1)NCc1ccco1. The van der Waals surface area contributed by atoms with Crippen molar-refractivity contribution in [2.45, 2.75) is 18.2 Å². The first-order chi connectivity index (χ1) is 14.1. The Balaban J connectivity index is 1.58. The molecule has 1 N–H and O–H groups in total. The van der Waals surface area contributed by atoms with Crippen LogP contribution in [0, 0.1) is 0 Å². The second-order valence-corrected chi connectivity index (χ2v) is 7.55. The summed E-state index contributed by atoms with van der Waals surface area (Å²) in [5.74, 6) is 1.18. The highest BCUT2D eigenvalue weighted by Crippen LogP contribution is 2.21. The third-order valence-corrected chi connectivity index (χ3v) is 5.36. The number of aromatic nitrogens is 2. The lowest BCUT2D eigenvalue weighted by Gasteiger charge is -2.12. The Labute approximate surface area is 174 Å². The van der Waals surface area contributed by atoms with Crippen molar-refractivity contribution in [3.63, 3.8) is 0 Å². The molecule has 1 amide bonds. The summed E-state index contributed by atoms with van der Waals surface area (Å²) in [7, 11) is 0. The molecule has 3 heterocycles. The molecule has 0 bridgehead atoms. The maximum absolute atomic E-state index is 13.0. The molecule has 4 aromatic rings. The van der Waals surface area contributed by atoms with E-state index in [4.69, 9.17) is 20.4 Å². The van der Waals surface area contributed by atoms with Crippen LogP contribution in [0.25, 0.3) is 10.9 Å². The fraction of sp³-hybridized carbons (Fsp3) is 0.150. The van der Waals surface area contributed by atoms with E-state index in [0.29, 0.717) is 39.1 Å². The molecule has 1 aromatic carbocycles. The normalized spacial score (nSPS) is 11.1. The van der Waals surface area contributed by atoms with Gasteiger partial charge in [-0.25, -0.2) is 4.98 Å². The fourth-order valence-corrected chi connectivity index (χ4v) is 3.76. The van der Waals surface area contributed by atoms with Gasteiger partial charge in [0.1, 0.15) is 11.5 Å². The predicted molar refractivity (Wildman–Crippen MR) is 110 cm³/mol. The maximum Gasteiger partial charge on any atom is 0.262 e. The van der Waals surface area contributed by atoms with Crippen molar-refractivity contribution in [1.82, 2.24) is 14.9 Å². The molecule has 29 heavy (non-hydrogen) atoms. The van der Waals surface area contributed by atoms with E-state index in [0.717, 1.165) is 0 Å². The van der Waals surface area contributed by atoms with Crippen LogP contribution in [0.1, 0.15) is 11.5 Å². The highest BCUT2D eigenvalue weighted by molar-refractivity contribution is 7.99. The zero-order valence-electron chi connectivity index (χ0n) is 15.1.